The van der Waals surface area contributed by atoms with Gasteiger partial charge in [-0.3, -0.25) is 4.90 Å². The Kier molecular flexibility index (Phi) is 5.30. The van der Waals surface area contributed by atoms with Crippen molar-refractivity contribution in [3.8, 4) is 5.75 Å². The molecular weight excluding hydrogens is 292 g/mol. The van der Waals surface area contributed by atoms with Gasteiger partial charge in [0.25, 0.3) is 5.92 Å². The average molecular weight is 308 g/mol. The van der Waals surface area contributed by atoms with Crippen molar-refractivity contribution in [1.82, 2.24) is 4.90 Å². The van der Waals surface area contributed by atoms with Crippen LogP contribution in [0.1, 0.15) is 22.3 Å². The molecule has 0 aliphatic carbocycles. The summed E-state index contributed by atoms with van der Waals surface area (Å²) in [5, 5.41) is 9.05. The Bertz CT molecular complexity index is 497. The van der Waals surface area contributed by atoms with E-state index in [1.54, 1.807) is 17.0 Å². The molecule has 7 heteroatoms. The first kappa shape index (κ1) is 16.7. The van der Waals surface area contributed by atoms with Gasteiger partial charge in [0.05, 0.1) is 13.7 Å². The van der Waals surface area contributed by atoms with Gasteiger partial charge < -0.3 is 9.84 Å². The molecule has 1 N–H and O–H groups in total. The number of alkyl halides is 2. The maximum atomic E-state index is 13.1. The van der Waals surface area contributed by atoms with Crippen molar-refractivity contribution in [1.29, 1.82) is 0 Å². The molecule has 1 saturated heterocycles. The molecular formula is C13H16ClF2NO3. The lowest BCUT2D eigenvalue weighted by atomic mass is 10.1. The lowest BCUT2D eigenvalue weighted by Crippen LogP contribution is -2.24. The zero-order valence-corrected chi connectivity index (χ0v) is 11.8. The van der Waals surface area contributed by atoms with E-state index in [9.17, 15) is 13.6 Å². The highest BCUT2D eigenvalue weighted by Crippen LogP contribution is 2.28. The number of rotatable bonds is 4. The van der Waals surface area contributed by atoms with E-state index in [1.165, 1.54) is 13.2 Å². The van der Waals surface area contributed by atoms with E-state index in [4.69, 9.17) is 9.84 Å². The summed E-state index contributed by atoms with van der Waals surface area (Å²) in [6.07, 6.45) is -0.144. The minimum Gasteiger partial charge on any atom is -0.496 e. The smallest absolute Gasteiger partial charge is 0.339 e. The molecule has 1 aliphatic heterocycles. The number of nitrogens with zero attached hydrogens (tertiary/aromatic N) is 1. The van der Waals surface area contributed by atoms with Gasteiger partial charge in [-0.15, -0.1) is 12.4 Å². The van der Waals surface area contributed by atoms with E-state index in [0.29, 0.717) is 18.7 Å². The second kappa shape index (κ2) is 6.37. The van der Waals surface area contributed by atoms with E-state index in [0.717, 1.165) is 0 Å². The third kappa shape index (κ3) is 3.80. The van der Waals surface area contributed by atoms with E-state index in [2.05, 4.69) is 0 Å². The average Bonchev–Trinajstić information content (AvgIpc) is 2.68. The zero-order valence-electron chi connectivity index (χ0n) is 10.9. The molecule has 112 valence electrons. The van der Waals surface area contributed by atoms with Gasteiger partial charge in [-0.25, -0.2) is 13.6 Å². The standard InChI is InChI=1S/C13H15F2NO3.ClH/c1-19-11-3-2-9(6-10(11)12(17)18)7-16-5-4-13(14,15)8-16;/h2-3,6H,4-5,7-8H2,1H3,(H,17,18);1H. The molecule has 0 bridgehead atoms. The van der Waals surface area contributed by atoms with Crippen molar-refractivity contribution >= 4 is 18.4 Å². The third-order valence-electron chi connectivity index (χ3n) is 3.15. The number of carbonyl (C=O) groups is 1. The first-order valence-corrected chi connectivity index (χ1v) is 5.92. The summed E-state index contributed by atoms with van der Waals surface area (Å²) in [6.45, 7) is 0.364. The monoisotopic (exact) mass is 307 g/mol. The number of hydrogen-bond donors (Lipinski definition) is 1. The fourth-order valence-corrected chi connectivity index (χ4v) is 2.22. The number of hydrogen-bond acceptors (Lipinski definition) is 3. The number of aromatic carboxylic acids is 1. The van der Waals surface area contributed by atoms with Gasteiger partial charge in [0.2, 0.25) is 0 Å². The molecule has 20 heavy (non-hydrogen) atoms. The number of carboxylic acid groups (broad SMARTS) is 1. The summed E-state index contributed by atoms with van der Waals surface area (Å²) in [5.74, 6) is -3.46. The molecule has 4 nitrogen and oxygen atoms in total. The number of benzene rings is 1. The van der Waals surface area contributed by atoms with Crippen molar-refractivity contribution in [2.45, 2.75) is 18.9 Å². The number of methoxy groups -OCH3 is 1. The minimum atomic E-state index is -2.64. The summed E-state index contributed by atoms with van der Waals surface area (Å²) in [7, 11) is 1.39. The molecule has 1 aromatic carbocycles. The molecule has 0 amide bonds. The van der Waals surface area contributed by atoms with Crippen LogP contribution in [0.25, 0.3) is 0 Å². The largest absolute Gasteiger partial charge is 0.496 e. The van der Waals surface area contributed by atoms with Crippen LogP contribution in [0.2, 0.25) is 0 Å². The Morgan fingerprint density at radius 2 is 2.20 bits per heavy atom. The highest BCUT2D eigenvalue weighted by atomic mass is 35.5. The van der Waals surface area contributed by atoms with Crippen LogP contribution < -0.4 is 4.74 Å². The molecule has 0 aromatic heterocycles. The molecule has 1 aromatic rings. The highest BCUT2D eigenvalue weighted by Gasteiger charge is 2.37. The van der Waals surface area contributed by atoms with Crippen molar-refractivity contribution in [3.05, 3.63) is 29.3 Å². The van der Waals surface area contributed by atoms with E-state index in [1.807, 2.05) is 0 Å². The van der Waals surface area contributed by atoms with Crippen LogP contribution in [-0.2, 0) is 6.54 Å². The van der Waals surface area contributed by atoms with Crippen molar-refractivity contribution in [3.63, 3.8) is 0 Å². The second-order valence-corrected chi connectivity index (χ2v) is 4.66. The molecule has 0 spiro atoms. The normalized spacial score (nSPS) is 17.6. The van der Waals surface area contributed by atoms with Crippen LogP contribution in [0.5, 0.6) is 5.75 Å². The Hall–Kier alpha value is -1.40. The Labute approximate surface area is 121 Å². The Morgan fingerprint density at radius 1 is 1.50 bits per heavy atom. The van der Waals surface area contributed by atoms with E-state index < -0.39 is 11.9 Å². The van der Waals surface area contributed by atoms with Crippen LogP contribution in [-0.4, -0.2) is 42.1 Å². The summed E-state index contributed by atoms with van der Waals surface area (Å²) >= 11 is 0. The van der Waals surface area contributed by atoms with Gasteiger partial charge in [-0.1, -0.05) is 6.07 Å². The van der Waals surface area contributed by atoms with E-state index >= 15 is 0 Å². The van der Waals surface area contributed by atoms with E-state index in [-0.39, 0.29) is 36.7 Å². The Morgan fingerprint density at radius 3 is 2.70 bits per heavy atom. The number of likely N-dealkylation sites (tertiary alicyclic amines) is 1. The second-order valence-electron chi connectivity index (χ2n) is 4.66. The lowest BCUT2D eigenvalue weighted by Gasteiger charge is -2.16. The Balaban J connectivity index is 0.00000200. The molecule has 2 rings (SSSR count). The molecule has 0 saturated carbocycles. The fraction of sp³-hybridized carbons (Fsp3) is 0.462. The number of ether oxygens (including phenoxy) is 1. The summed E-state index contributed by atoms with van der Waals surface area (Å²) in [4.78, 5) is 12.7. The predicted molar refractivity (Wildman–Crippen MR) is 72.0 cm³/mol. The first-order chi connectivity index (χ1) is 8.91. The van der Waals surface area contributed by atoms with Crippen molar-refractivity contribution < 1.29 is 23.4 Å². The van der Waals surface area contributed by atoms with Gasteiger partial charge in [0.15, 0.2) is 0 Å². The van der Waals surface area contributed by atoms with Gasteiger partial charge in [0.1, 0.15) is 11.3 Å². The van der Waals surface area contributed by atoms with Gasteiger partial charge in [-0.2, -0.15) is 0 Å². The SMILES string of the molecule is COc1ccc(CN2CCC(F)(F)C2)cc1C(=O)O.Cl. The number of halogens is 3. The van der Waals surface area contributed by atoms with Gasteiger partial charge in [-0.05, 0) is 17.7 Å². The molecule has 0 atom stereocenters. The third-order valence-corrected chi connectivity index (χ3v) is 3.15. The fourth-order valence-electron chi connectivity index (χ4n) is 2.22. The minimum absolute atomic E-state index is 0. The maximum Gasteiger partial charge on any atom is 0.339 e. The van der Waals surface area contributed by atoms with Crippen LogP contribution in [0.3, 0.4) is 0 Å². The molecule has 0 radical (unpaired) electrons. The van der Waals surface area contributed by atoms with Gasteiger partial charge in [0, 0.05) is 19.5 Å². The zero-order chi connectivity index (χ0) is 14.0. The number of carboxylic acids is 1. The summed E-state index contributed by atoms with van der Waals surface area (Å²) in [6, 6.07) is 4.71. The van der Waals surface area contributed by atoms with Gasteiger partial charge >= 0.3 is 5.97 Å². The molecule has 1 aliphatic rings. The lowest BCUT2D eigenvalue weighted by molar-refractivity contribution is 0.0115. The summed E-state index contributed by atoms with van der Waals surface area (Å²) in [5.41, 5.74) is 0.738. The predicted octanol–water partition coefficient (Wildman–Crippen LogP) is 2.66. The first-order valence-electron chi connectivity index (χ1n) is 5.92. The van der Waals surface area contributed by atoms with Crippen LogP contribution in [0.4, 0.5) is 8.78 Å². The highest BCUT2D eigenvalue weighted by molar-refractivity contribution is 5.91. The maximum absolute atomic E-state index is 13.1. The van der Waals surface area contributed by atoms with Crippen LogP contribution in [0, 0.1) is 0 Å². The van der Waals surface area contributed by atoms with Crippen molar-refractivity contribution in [2.24, 2.45) is 0 Å². The topological polar surface area (TPSA) is 49.8 Å². The molecule has 1 fully saturated rings. The van der Waals surface area contributed by atoms with Crippen molar-refractivity contribution in [2.75, 3.05) is 20.2 Å². The van der Waals surface area contributed by atoms with Crippen LogP contribution in [0.15, 0.2) is 18.2 Å². The molecule has 0 unspecified atom stereocenters. The quantitative estimate of drug-likeness (QED) is 0.929. The summed E-state index contributed by atoms with van der Waals surface area (Å²) < 4.78 is 31.1. The van der Waals surface area contributed by atoms with Crippen LogP contribution >= 0.6 is 12.4 Å². The molecule has 1 heterocycles.